The lowest BCUT2D eigenvalue weighted by Gasteiger charge is -2.46. The van der Waals surface area contributed by atoms with Crippen LogP contribution in [0.4, 0.5) is 5.69 Å². The number of nitrogens with two attached hydrogens (primary N) is 1. The van der Waals surface area contributed by atoms with E-state index in [2.05, 4.69) is 15.6 Å². The Kier molecular flexibility index (Phi) is 6.40. The van der Waals surface area contributed by atoms with E-state index in [1.54, 1.807) is 18.0 Å². The van der Waals surface area contributed by atoms with Crippen molar-refractivity contribution in [3.8, 4) is 0 Å². The summed E-state index contributed by atoms with van der Waals surface area (Å²) in [4.78, 5) is 56.1. The number of carbonyl (C=O) groups excluding carboxylic acids is 4. The molecule has 0 spiro atoms. The van der Waals surface area contributed by atoms with Gasteiger partial charge in [0.25, 0.3) is 5.91 Å². The van der Waals surface area contributed by atoms with Gasteiger partial charge in [0.05, 0.1) is 27.9 Å². The van der Waals surface area contributed by atoms with Gasteiger partial charge in [-0.15, -0.1) is 11.3 Å². The molecule has 0 aromatic carbocycles. The molecule has 1 aliphatic rings. The van der Waals surface area contributed by atoms with Gasteiger partial charge in [0.15, 0.2) is 0 Å². The molecular weight excluding hydrogens is 418 g/mol. The average Bonchev–Trinajstić information content (AvgIpc) is 3.25. The van der Waals surface area contributed by atoms with Crippen LogP contribution in [0.15, 0.2) is 30.6 Å². The Labute approximate surface area is 184 Å². The molecule has 3 rings (SSSR count). The van der Waals surface area contributed by atoms with E-state index in [9.17, 15) is 19.2 Å². The molecular formula is C21H25N5O4S. The second kappa shape index (κ2) is 8.84. The molecule has 4 N–H and O–H groups in total. The molecule has 31 heavy (non-hydrogen) atoms. The molecule has 0 radical (unpaired) electrons. The van der Waals surface area contributed by atoms with Crippen molar-refractivity contribution in [3.63, 3.8) is 0 Å². The van der Waals surface area contributed by atoms with Crippen LogP contribution in [-0.2, 0) is 15.1 Å². The van der Waals surface area contributed by atoms with Gasteiger partial charge in [-0.1, -0.05) is 6.92 Å². The van der Waals surface area contributed by atoms with Crippen molar-refractivity contribution in [2.75, 3.05) is 18.9 Å². The summed E-state index contributed by atoms with van der Waals surface area (Å²) in [7, 11) is 1.56. The van der Waals surface area contributed by atoms with Gasteiger partial charge in [0, 0.05) is 24.7 Å². The lowest BCUT2D eigenvalue weighted by atomic mass is 9.82. The fourth-order valence-electron chi connectivity index (χ4n) is 3.65. The maximum atomic E-state index is 13.2. The van der Waals surface area contributed by atoms with Crippen molar-refractivity contribution in [1.82, 2.24) is 15.2 Å². The van der Waals surface area contributed by atoms with Gasteiger partial charge >= 0.3 is 11.8 Å². The highest BCUT2D eigenvalue weighted by molar-refractivity contribution is 7.14. The lowest BCUT2D eigenvalue weighted by molar-refractivity contribution is -0.150. The van der Waals surface area contributed by atoms with Crippen molar-refractivity contribution >= 4 is 40.7 Å². The number of aromatic nitrogens is 1. The van der Waals surface area contributed by atoms with Gasteiger partial charge in [-0.05, 0) is 43.9 Å². The van der Waals surface area contributed by atoms with Crippen molar-refractivity contribution < 1.29 is 19.2 Å². The number of primary amides is 1. The Morgan fingerprint density at radius 1 is 1.26 bits per heavy atom. The molecule has 10 heteroatoms. The normalized spacial score (nSPS) is 20.7. The third kappa shape index (κ3) is 4.58. The van der Waals surface area contributed by atoms with E-state index in [-0.39, 0.29) is 23.1 Å². The first kappa shape index (κ1) is 22.4. The summed E-state index contributed by atoms with van der Waals surface area (Å²) in [5, 5.41) is 5.11. The molecule has 1 aliphatic heterocycles. The minimum absolute atomic E-state index is 0.127. The van der Waals surface area contributed by atoms with Crippen LogP contribution < -0.4 is 16.4 Å². The highest BCUT2D eigenvalue weighted by Gasteiger charge is 2.44. The minimum Gasteiger partial charge on any atom is -0.366 e. The molecule has 0 saturated carbocycles. The van der Waals surface area contributed by atoms with Crippen molar-refractivity contribution in [1.29, 1.82) is 0 Å². The number of rotatable bonds is 4. The van der Waals surface area contributed by atoms with Crippen molar-refractivity contribution in [2.45, 2.75) is 32.2 Å². The molecule has 164 valence electrons. The third-order valence-electron chi connectivity index (χ3n) is 5.52. The Bertz CT molecular complexity index is 1040. The number of carbonyl (C=O) groups is 4. The predicted octanol–water partition coefficient (Wildman–Crippen LogP) is 1.71. The minimum atomic E-state index is -0.827. The zero-order chi connectivity index (χ0) is 22.8. The van der Waals surface area contributed by atoms with Crippen LogP contribution in [0.2, 0.25) is 0 Å². The zero-order valence-electron chi connectivity index (χ0n) is 17.6. The SMILES string of the molecule is CNC(=O)c1ccc([C@]2(C)CC[C@H](C)CN2C(=O)C(=O)Nc2cncc(C(N)=O)c2)s1. The van der Waals surface area contributed by atoms with Crippen LogP contribution in [0.5, 0.6) is 0 Å². The zero-order valence-corrected chi connectivity index (χ0v) is 18.4. The van der Waals surface area contributed by atoms with Gasteiger partial charge in [-0.25, -0.2) is 0 Å². The van der Waals surface area contributed by atoms with Crippen LogP contribution in [0, 0.1) is 5.92 Å². The number of piperidine rings is 1. The smallest absolute Gasteiger partial charge is 0.313 e. The van der Waals surface area contributed by atoms with Gasteiger partial charge in [-0.3, -0.25) is 24.2 Å². The van der Waals surface area contributed by atoms with E-state index in [1.807, 2.05) is 19.9 Å². The van der Waals surface area contributed by atoms with Crippen molar-refractivity contribution in [2.24, 2.45) is 11.7 Å². The monoisotopic (exact) mass is 443 g/mol. The maximum Gasteiger partial charge on any atom is 0.313 e. The Morgan fingerprint density at radius 3 is 2.68 bits per heavy atom. The average molecular weight is 444 g/mol. The largest absolute Gasteiger partial charge is 0.366 e. The van der Waals surface area contributed by atoms with E-state index >= 15 is 0 Å². The van der Waals surface area contributed by atoms with Gasteiger partial charge in [-0.2, -0.15) is 0 Å². The number of pyridine rings is 1. The van der Waals surface area contributed by atoms with Crippen LogP contribution in [0.25, 0.3) is 0 Å². The Hall–Kier alpha value is -3.27. The van der Waals surface area contributed by atoms with Crippen LogP contribution in [-0.4, -0.2) is 47.1 Å². The van der Waals surface area contributed by atoms with E-state index in [4.69, 9.17) is 5.73 Å². The fourth-order valence-corrected chi connectivity index (χ4v) is 4.79. The molecule has 0 bridgehead atoms. The number of hydrogen-bond donors (Lipinski definition) is 3. The Balaban J connectivity index is 1.86. The molecule has 4 amide bonds. The highest BCUT2D eigenvalue weighted by Crippen LogP contribution is 2.42. The van der Waals surface area contributed by atoms with Crippen LogP contribution in [0.3, 0.4) is 0 Å². The molecule has 2 aromatic heterocycles. The molecule has 0 unspecified atom stereocenters. The molecule has 1 saturated heterocycles. The first-order valence-corrected chi connectivity index (χ1v) is 10.7. The quantitative estimate of drug-likeness (QED) is 0.619. The molecule has 3 heterocycles. The first-order valence-electron chi connectivity index (χ1n) is 9.86. The topological polar surface area (TPSA) is 134 Å². The molecule has 9 nitrogen and oxygen atoms in total. The van der Waals surface area contributed by atoms with Crippen molar-refractivity contribution in [3.05, 3.63) is 45.9 Å². The van der Waals surface area contributed by atoms with Gasteiger partial charge in [0.1, 0.15) is 0 Å². The highest BCUT2D eigenvalue weighted by atomic mass is 32.1. The maximum absolute atomic E-state index is 13.2. The molecule has 0 aliphatic carbocycles. The number of anilines is 1. The Morgan fingerprint density at radius 2 is 2.00 bits per heavy atom. The first-order chi connectivity index (χ1) is 14.7. The summed E-state index contributed by atoms with van der Waals surface area (Å²) in [5.41, 5.74) is 4.86. The van der Waals surface area contributed by atoms with E-state index < -0.39 is 23.3 Å². The summed E-state index contributed by atoms with van der Waals surface area (Å²) >= 11 is 1.32. The fraction of sp³-hybridized carbons (Fsp3) is 0.381. The third-order valence-corrected chi connectivity index (χ3v) is 6.86. The standard InChI is InChI=1S/C21H25N5O4S/c1-12-6-7-21(2,16-5-4-15(31-16)18(28)23-3)26(11-12)20(30)19(29)25-14-8-13(17(22)27)9-24-10-14/h4-5,8-10,12H,6-7,11H2,1-3H3,(H2,22,27)(H,23,28)(H,25,29)/t12-,21-/m0/s1. The second-order valence-electron chi connectivity index (χ2n) is 7.86. The van der Waals surface area contributed by atoms with E-state index in [0.29, 0.717) is 17.8 Å². The molecule has 2 atom stereocenters. The summed E-state index contributed by atoms with van der Waals surface area (Å²) in [6.07, 6.45) is 4.17. The van der Waals surface area contributed by atoms with Crippen LogP contribution in [0.1, 0.15) is 51.6 Å². The number of thiophene rings is 1. The lowest BCUT2D eigenvalue weighted by Crippen LogP contribution is -2.55. The van der Waals surface area contributed by atoms with Gasteiger partial charge < -0.3 is 21.3 Å². The van der Waals surface area contributed by atoms with Crippen LogP contribution >= 0.6 is 11.3 Å². The summed E-state index contributed by atoms with van der Waals surface area (Å²) < 4.78 is 0. The number of likely N-dealkylation sites (tertiary alicyclic amines) is 1. The second-order valence-corrected chi connectivity index (χ2v) is 8.94. The number of hydrogen-bond acceptors (Lipinski definition) is 6. The summed E-state index contributed by atoms with van der Waals surface area (Å²) in [6, 6.07) is 4.93. The number of amides is 4. The van der Waals surface area contributed by atoms with Gasteiger partial charge in [0.2, 0.25) is 5.91 Å². The molecule has 2 aromatic rings. The van der Waals surface area contributed by atoms with E-state index in [0.717, 1.165) is 11.3 Å². The predicted molar refractivity (Wildman–Crippen MR) is 117 cm³/mol. The number of nitrogens with one attached hydrogen (secondary N) is 2. The number of nitrogens with zero attached hydrogens (tertiary/aromatic N) is 2. The van der Waals surface area contributed by atoms with E-state index in [1.165, 1.54) is 29.8 Å². The summed E-state index contributed by atoms with van der Waals surface area (Å²) in [5.74, 6) is -2.17. The molecule has 1 fully saturated rings. The summed E-state index contributed by atoms with van der Waals surface area (Å²) in [6.45, 7) is 4.36.